The van der Waals surface area contributed by atoms with Crippen LogP contribution < -0.4 is 11.3 Å². The van der Waals surface area contributed by atoms with Gasteiger partial charge in [-0.3, -0.25) is 4.79 Å². The summed E-state index contributed by atoms with van der Waals surface area (Å²) < 4.78 is 0. The van der Waals surface area contributed by atoms with Crippen LogP contribution in [-0.4, -0.2) is 9.97 Å². The molecular weight excluding hydrogens is 190 g/mol. The maximum absolute atomic E-state index is 11.8. The first-order valence-corrected chi connectivity index (χ1v) is 4.84. The summed E-state index contributed by atoms with van der Waals surface area (Å²) in [5.41, 5.74) is 7.19. The van der Waals surface area contributed by atoms with Crippen LogP contribution in [0.5, 0.6) is 0 Å². The molecule has 0 fully saturated rings. The Morgan fingerprint density at radius 1 is 1.47 bits per heavy atom. The van der Waals surface area contributed by atoms with E-state index in [0.29, 0.717) is 16.7 Å². The molecule has 2 rings (SSSR count). The fraction of sp³-hybridized carbons (Fsp3) is 0.273. The van der Waals surface area contributed by atoms with E-state index in [0.717, 1.165) is 5.56 Å². The van der Waals surface area contributed by atoms with Crippen LogP contribution in [0.4, 0.5) is 0 Å². The minimum Gasteiger partial charge on any atom is -0.322 e. The number of rotatable bonds is 1. The quantitative estimate of drug-likeness (QED) is 0.732. The highest BCUT2D eigenvalue weighted by molar-refractivity contribution is 5.80. The molecule has 0 unspecified atom stereocenters. The summed E-state index contributed by atoms with van der Waals surface area (Å²) in [5, 5.41) is 0.641. The Morgan fingerprint density at radius 3 is 2.87 bits per heavy atom. The maximum atomic E-state index is 11.8. The lowest BCUT2D eigenvalue weighted by atomic mass is 10.1. The number of nitrogens with two attached hydrogens (primary N) is 1. The summed E-state index contributed by atoms with van der Waals surface area (Å²) in [5.74, 6) is 0.526. The Balaban J connectivity index is 2.85. The van der Waals surface area contributed by atoms with Crippen molar-refractivity contribution in [2.45, 2.75) is 19.9 Å². The zero-order valence-corrected chi connectivity index (χ0v) is 8.74. The van der Waals surface area contributed by atoms with Gasteiger partial charge in [-0.25, -0.2) is 4.98 Å². The molecule has 1 heterocycles. The van der Waals surface area contributed by atoms with Gasteiger partial charge in [-0.2, -0.15) is 0 Å². The fourth-order valence-electron chi connectivity index (χ4n) is 1.59. The molecule has 78 valence electrons. The molecule has 1 aromatic heterocycles. The van der Waals surface area contributed by atoms with Crippen molar-refractivity contribution in [1.29, 1.82) is 0 Å². The van der Waals surface area contributed by atoms with Gasteiger partial charge in [0.05, 0.1) is 16.9 Å². The number of hydrogen-bond acceptors (Lipinski definition) is 3. The van der Waals surface area contributed by atoms with E-state index in [2.05, 4.69) is 9.97 Å². The van der Waals surface area contributed by atoms with E-state index in [4.69, 9.17) is 5.73 Å². The van der Waals surface area contributed by atoms with Crippen molar-refractivity contribution in [3.8, 4) is 0 Å². The number of aromatic amines is 1. The van der Waals surface area contributed by atoms with E-state index in [-0.39, 0.29) is 11.6 Å². The summed E-state index contributed by atoms with van der Waals surface area (Å²) in [6.45, 7) is 3.69. The summed E-state index contributed by atoms with van der Waals surface area (Å²) in [7, 11) is 0. The number of H-pyrrole nitrogens is 1. The molecule has 3 N–H and O–H groups in total. The Hall–Kier alpha value is -1.68. The summed E-state index contributed by atoms with van der Waals surface area (Å²) in [6, 6.07) is 5.34. The minimum absolute atomic E-state index is 0.120. The van der Waals surface area contributed by atoms with Crippen LogP contribution in [0.2, 0.25) is 0 Å². The lowest BCUT2D eigenvalue weighted by molar-refractivity contribution is 0.741. The van der Waals surface area contributed by atoms with Crippen molar-refractivity contribution in [2.75, 3.05) is 0 Å². The van der Waals surface area contributed by atoms with E-state index in [1.54, 1.807) is 6.92 Å². The van der Waals surface area contributed by atoms with Gasteiger partial charge in [-0.1, -0.05) is 12.1 Å². The number of aromatic nitrogens is 2. The zero-order chi connectivity index (χ0) is 11.0. The van der Waals surface area contributed by atoms with Crippen LogP contribution in [0, 0.1) is 6.92 Å². The van der Waals surface area contributed by atoms with Gasteiger partial charge in [0.1, 0.15) is 5.82 Å². The number of aryl methyl sites for hydroxylation is 1. The monoisotopic (exact) mass is 203 g/mol. The van der Waals surface area contributed by atoms with Crippen molar-refractivity contribution in [3.63, 3.8) is 0 Å². The molecule has 0 spiro atoms. The fourth-order valence-corrected chi connectivity index (χ4v) is 1.59. The van der Waals surface area contributed by atoms with Crippen LogP contribution in [-0.2, 0) is 0 Å². The first-order valence-electron chi connectivity index (χ1n) is 4.84. The number of nitrogens with zero attached hydrogens (tertiary/aromatic N) is 1. The van der Waals surface area contributed by atoms with Crippen LogP contribution in [0.15, 0.2) is 23.0 Å². The average molecular weight is 203 g/mol. The predicted molar refractivity (Wildman–Crippen MR) is 59.7 cm³/mol. The molecule has 0 aliphatic heterocycles. The van der Waals surface area contributed by atoms with Crippen molar-refractivity contribution in [2.24, 2.45) is 5.73 Å². The van der Waals surface area contributed by atoms with Crippen LogP contribution >= 0.6 is 0 Å². The second-order valence-corrected chi connectivity index (χ2v) is 3.71. The SMILES string of the molecule is Cc1cccc2nc([C@H](C)N)[nH]c(=O)c12. The molecule has 1 aromatic carbocycles. The van der Waals surface area contributed by atoms with Crippen molar-refractivity contribution in [1.82, 2.24) is 9.97 Å². The standard InChI is InChI=1S/C11H13N3O/c1-6-4-3-5-8-9(6)11(15)14-10(13-8)7(2)12/h3-5,7H,12H2,1-2H3,(H,13,14,15)/t7-/m0/s1. The highest BCUT2D eigenvalue weighted by Crippen LogP contribution is 2.12. The minimum atomic E-state index is -0.261. The van der Waals surface area contributed by atoms with Gasteiger partial charge in [0.2, 0.25) is 0 Å². The molecule has 0 bridgehead atoms. The summed E-state index contributed by atoms with van der Waals surface area (Å²) in [6.07, 6.45) is 0. The number of fused-ring (bicyclic) bond motifs is 1. The zero-order valence-electron chi connectivity index (χ0n) is 8.74. The molecule has 2 aromatic rings. The molecule has 0 aliphatic rings. The molecule has 0 amide bonds. The van der Waals surface area contributed by atoms with Crippen molar-refractivity contribution in [3.05, 3.63) is 39.9 Å². The van der Waals surface area contributed by atoms with Gasteiger partial charge >= 0.3 is 0 Å². The molecular formula is C11H13N3O. The highest BCUT2D eigenvalue weighted by atomic mass is 16.1. The Bertz CT molecular complexity index is 557. The van der Waals surface area contributed by atoms with Gasteiger partial charge in [-0.05, 0) is 25.5 Å². The first-order chi connectivity index (χ1) is 7.09. The summed E-state index contributed by atoms with van der Waals surface area (Å²) in [4.78, 5) is 18.8. The first kappa shape index (κ1) is 9.86. The third-order valence-corrected chi connectivity index (χ3v) is 2.39. The second-order valence-electron chi connectivity index (χ2n) is 3.71. The highest BCUT2D eigenvalue weighted by Gasteiger charge is 2.07. The topological polar surface area (TPSA) is 71.8 Å². The smallest absolute Gasteiger partial charge is 0.259 e. The van der Waals surface area contributed by atoms with Crippen molar-refractivity contribution < 1.29 is 0 Å². The molecule has 0 radical (unpaired) electrons. The Morgan fingerprint density at radius 2 is 2.20 bits per heavy atom. The number of nitrogens with one attached hydrogen (secondary N) is 1. The van der Waals surface area contributed by atoms with E-state index in [1.165, 1.54) is 0 Å². The average Bonchev–Trinajstić information content (AvgIpc) is 2.17. The van der Waals surface area contributed by atoms with E-state index in [1.807, 2.05) is 25.1 Å². The largest absolute Gasteiger partial charge is 0.322 e. The Labute approximate surface area is 87.1 Å². The predicted octanol–water partition coefficient (Wildman–Crippen LogP) is 1.25. The molecule has 4 nitrogen and oxygen atoms in total. The molecule has 0 saturated carbocycles. The van der Waals surface area contributed by atoms with Gasteiger partial charge in [0.15, 0.2) is 0 Å². The molecule has 0 aliphatic carbocycles. The maximum Gasteiger partial charge on any atom is 0.259 e. The van der Waals surface area contributed by atoms with Crippen LogP contribution in [0.25, 0.3) is 10.9 Å². The lowest BCUT2D eigenvalue weighted by Crippen LogP contribution is -2.18. The molecule has 4 heteroatoms. The third kappa shape index (κ3) is 1.64. The summed E-state index contributed by atoms with van der Waals surface area (Å²) >= 11 is 0. The van der Waals surface area contributed by atoms with Crippen molar-refractivity contribution >= 4 is 10.9 Å². The lowest BCUT2D eigenvalue weighted by Gasteiger charge is -2.06. The molecule has 15 heavy (non-hydrogen) atoms. The van der Waals surface area contributed by atoms with Gasteiger partial charge in [0, 0.05) is 0 Å². The molecule has 1 atom stereocenters. The van der Waals surface area contributed by atoms with Gasteiger partial charge in [-0.15, -0.1) is 0 Å². The van der Waals surface area contributed by atoms with Crippen LogP contribution in [0.1, 0.15) is 24.4 Å². The number of hydrogen-bond donors (Lipinski definition) is 2. The third-order valence-electron chi connectivity index (χ3n) is 2.39. The molecule has 0 saturated heterocycles. The number of benzene rings is 1. The van der Waals surface area contributed by atoms with E-state index < -0.39 is 0 Å². The van der Waals surface area contributed by atoms with E-state index >= 15 is 0 Å². The van der Waals surface area contributed by atoms with E-state index in [9.17, 15) is 4.79 Å². The van der Waals surface area contributed by atoms with Crippen LogP contribution in [0.3, 0.4) is 0 Å². The normalized spacial score (nSPS) is 13.0. The van der Waals surface area contributed by atoms with Gasteiger partial charge in [0.25, 0.3) is 5.56 Å². The Kier molecular flexibility index (Phi) is 2.28. The second kappa shape index (κ2) is 3.47. The van der Waals surface area contributed by atoms with Gasteiger partial charge < -0.3 is 10.7 Å².